The highest BCUT2D eigenvalue weighted by Gasteiger charge is 2.18. The first kappa shape index (κ1) is 23.1. The van der Waals surface area contributed by atoms with Gasteiger partial charge in [0, 0.05) is 5.69 Å². The zero-order chi connectivity index (χ0) is 23.2. The minimum absolute atomic E-state index is 0.120. The summed E-state index contributed by atoms with van der Waals surface area (Å²) in [5.41, 5.74) is 3.06. The predicted molar refractivity (Wildman–Crippen MR) is 136 cm³/mol. The van der Waals surface area contributed by atoms with E-state index in [0.717, 1.165) is 24.9 Å². The SMILES string of the molecule is CCCCc1ccc(NC(=O)CSc2nc3ccsc3c(=O)n2-c2ccccc2OC)cc1. The highest BCUT2D eigenvalue weighted by atomic mass is 32.2. The van der Waals surface area contributed by atoms with Crippen molar-refractivity contribution < 1.29 is 9.53 Å². The number of hydrogen-bond donors (Lipinski definition) is 1. The van der Waals surface area contributed by atoms with Crippen LogP contribution >= 0.6 is 23.1 Å². The molecule has 2 aromatic carbocycles. The average molecular weight is 480 g/mol. The molecule has 4 aromatic rings. The number of para-hydroxylation sites is 2. The number of rotatable bonds is 9. The number of aromatic nitrogens is 2. The average Bonchev–Trinajstić information content (AvgIpc) is 3.31. The molecule has 4 rings (SSSR count). The molecule has 0 saturated heterocycles. The number of fused-ring (bicyclic) bond motifs is 1. The number of amides is 1. The fourth-order valence-electron chi connectivity index (χ4n) is 3.48. The van der Waals surface area contributed by atoms with Crippen molar-refractivity contribution in [1.29, 1.82) is 0 Å². The van der Waals surface area contributed by atoms with Crippen LogP contribution in [0.4, 0.5) is 5.69 Å². The molecule has 6 nitrogen and oxygen atoms in total. The summed E-state index contributed by atoms with van der Waals surface area (Å²) in [6, 6.07) is 17.1. The van der Waals surface area contributed by atoms with Crippen molar-refractivity contribution >= 4 is 44.9 Å². The van der Waals surface area contributed by atoms with Gasteiger partial charge in [-0.05, 0) is 54.1 Å². The van der Waals surface area contributed by atoms with Crippen LogP contribution in [0.5, 0.6) is 5.75 Å². The van der Waals surface area contributed by atoms with Gasteiger partial charge in [0.15, 0.2) is 5.16 Å². The van der Waals surface area contributed by atoms with Crippen LogP contribution in [-0.4, -0.2) is 28.3 Å². The summed E-state index contributed by atoms with van der Waals surface area (Å²) >= 11 is 2.58. The quantitative estimate of drug-likeness (QED) is 0.252. The van der Waals surface area contributed by atoms with Gasteiger partial charge in [0.1, 0.15) is 10.4 Å². The Bertz CT molecular complexity index is 1310. The van der Waals surface area contributed by atoms with Gasteiger partial charge in [0.25, 0.3) is 5.56 Å². The zero-order valence-electron chi connectivity index (χ0n) is 18.5. The first-order chi connectivity index (χ1) is 16.1. The molecule has 2 heterocycles. The largest absolute Gasteiger partial charge is 0.495 e. The summed E-state index contributed by atoms with van der Waals surface area (Å²) in [6.45, 7) is 2.17. The summed E-state index contributed by atoms with van der Waals surface area (Å²) in [6.07, 6.45) is 3.34. The van der Waals surface area contributed by atoms with E-state index in [1.807, 2.05) is 53.9 Å². The van der Waals surface area contributed by atoms with E-state index in [0.29, 0.717) is 26.8 Å². The molecule has 0 atom stereocenters. The number of nitrogens with one attached hydrogen (secondary N) is 1. The van der Waals surface area contributed by atoms with Gasteiger partial charge in [-0.25, -0.2) is 4.98 Å². The fraction of sp³-hybridized carbons (Fsp3) is 0.240. The minimum atomic E-state index is -0.176. The third-order valence-corrected chi connectivity index (χ3v) is 6.99. The number of thiophene rings is 1. The van der Waals surface area contributed by atoms with Gasteiger partial charge < -0.3 is 10.1 Å². The number of ether oxygens (including phenoxy) is 1. The van der Waals surface area contributed by atoms with Crippen LogP contribution in [0.3, 0.4) is 0 Å². The number of nitrogens with zero attached hydrogens (tertiary/aromatic N) is 2. The minimum Gasteiger partial charge on any atom is -0.495 e. The summed E-state index contributed by atoms with van der Waals surface area (Å²) in [4.78, 5) is 30.6. The standard InChI is InChI=1S/C25H25N3O3S2/c1-3-4-7-17-10-12-18(13-11-17)26-22(29)16-33-25-27-19-14-15-32-23(19)24(30)28(25)20-8-5-6-9-21(20)31-2/h5-6,8-15H,3-4,7,16H2,1-2H3,(H,26,29). The van der Waals surface area contributed by atoms with E-state index in [1.54, 1.807) is 13.2 Å². The number of anilines is 1. The van der Waals surface area contributed by atoms with E-state index in [9.17, 15) is 9.59 Å². The van der Waals surface area contributed by atoms with Crippen molar-refractivity contribution in [3.8, 4) is 11.4 Å². The van der Waals surface area contributed by atoms with Crippen molar-refractivity contribution in [2.75, 3.05) is 18.2 Å². The maximum atomic E-state index is 13.3. The van der Waals surface area contributed by atoms with Crippen LogP contribution in [0.15, 0.2) is 69.9 Å². The monoisotopic (exact) mass is 479 g/mol. The van der Waals surface area contributed by atoms with Crippen molar-refractivity contribution in [3.05, 3.63) is 75.9 Å². The van der Waals surface area contributed by atoms with Crippen molar-refractivity contribution in [1.82, 2.24) is 9.55 Å². The summed E-state index contributed by atoms with van der Waals surface area (Å²) in [7, 11) is 1.56. The van der Waals surface area contributed by atoms with E-state index >= 15 is 0 Å². The molecule has 2 aromatic heterocycles. The maximum absolute atomic E-state index is 13.3. The number of carbonyl (C=O) groups is 1. The summed E-state index contributed by atoms with van der Waals surface area (Å²) < 4.78 is 7.56. The van der Waals surface area contributed by atoms with E-state index in [1.165, 1.54) is 33.2 Å². The molecule has 0 spiro atoms. The number of carbonyl (C=O) groups excluding carboxylic acids is 1. The molecule has 0 aliphatic heterocycles. The lowest BCUT2D eigenvalue weighted by molar-refractivity contribution is -0.113. The molecule has 0 saturated carbocycles. The van der Waals surface area contributed by atoms with E-state index in [4.69, 9.17) is 4.74 Å². The lowest BCUT2D eigenvalue weighted by Crippen LogP contribution is -2.22. The molecule has 1 amide bonds. The number of hydrogen-bond acceptors (Lipinski definition) is 6. The molecule has 0 radical (unpaired) electrons. The molecule has 0 bridgehead atoms. The zero-order valence-corrected chi connectivity index (χ0v) is 20.2. The molecule has 0 fully saturated rings. The van der Waals surface area contributed by atoms with Gasteiger partial charge in [-0.2, -0.15) is 0 Å². The number of methoxy groups -OCH3 is 1. The van der Waals surface area contributed by atoms with Gasteiger partial charge in [-0.3, -0.25) is 14.2 Å². The molecule has 0 unspecified atom stereocenters. The third kappa shape index (κ3) is 5.29. The smallest absolute Gasteiger partial charge is 0.276 e. The van der Waals surface area contributed by atoms with Crippen LogP contribution in [0.2, 0.25) is 0 Å². The Morgan fingerprint density at radius 1 is 1.15 bits per heavy atom. The molecule has 170 valence electrons. The molecule has 0 aliphatic carbocycles. The Kier molecular flexibility index (Phi) is 7.47. The predicted octanol–water partition coefficient (Wildman–Crippen LogP) is 5.53. The molecule has 8 heteroatoms. The van der Waals surface area contributed by atoms with Gasteiger partial charge in [0.05, 0.1) is 24.1 Å². The van der Waals surface area contributed by atoms with Crippen LogP contribution in [0.25, 0.3) is 15.9 Å². The van der Waals surface area contributed by atoms with E-state index < -0.39 is 0 Å². The lowest BCUT2D eigenvalue weighted by atomic mass is 10.1. The second kappa shape index (κ2) is 10.7. The van der Waals surface area contributed by atoms with Gasteiger partial charge in [0.2, 0.25) is 5.91 Å². The lowest BCUT2D eigenvalue weighted by Gasteiger charge is -2.14. The fourth-order valence-corrected chi connectivity index (χ4v) is 5.04. The number of thioether (sulfide) groups is 1. The van der Waals surface area contributed by atoms with Crippen molar-refractivity contribution in [2.45, 2.75) is 31.3 Å². The van der Waals surface area contributed by atoms with Gasteiger partial charge >= 0.3 is 0 Å². The second-order valence-corrected chi connectivity index (χ2v) is 9.34. The first-order valence-corrected chi connectivity index (χ1v) is 12.6. The molecule has 33 heavy (non-hydrogen) atoms. The van der Waals surface area contributed by atoms with Crippen LogP contribution in [0.1, 0.15) is 25.3 Å². The molecule has 0 aliphatic rings. The van der Waals surface area contributed by atoms with Crippen molar-refractivity contribution in [3.63, 3.8) is 0 Å². The van der Waals surface area contributed by atoms with Crippen LogP contribution in [-0.2, 0) is 11.2 Å². The second-order valence-electron chi connectivity index (χ2n) is 7.48. The highest BCUT2D eigenvalue weighted by molar-refractivity contribution is 7.99. The van der Waals surface area contributed by atoms with E-state index in [2.05, 4.69) is 17.2 Å². The van der Waals surface area contributed by atoms with Crippen molar-refractivity contribution in [2.24, 2.45) is 0 Å². The highest BCUT2D eigenvalue weighted by Crippen LogP contribution is 2.28. The van der Waals surface area contributed by atoms with Crippen LogP contribution < -0.4 is 15.6 Å². The molecular formula is C25H25N3O3S2. The summed E-state index contributed by atoms with van der Waals surface area (Å²) in [5.74, 6) is 0.522. The Hall–Kier alpha value is -3.10. The summed E-state index contributed by atoms with van der Waals surface area (Å²) in [5, 5.41) is 5.22. The van der Waals surface area contributed by atoms with Gasteiger partial charge in [-0.15, -0.1) is 11.3 Å². The number of unbranched alkanes of at least 4 members (excludes halogenated alkanes) is 1. The third-order valence-electron chi connectivity index (χ3n) is 5.16. The Morgan fingerprint density at radius 3 is 2.70 bits per heavy atom. The Labute approximate surface area is 200 Å². The normalized spacial score (nSPS) is 11.0. The Balaban J connectivity index is 1.56. The maximum Gasteiger partial charge on any atom is 0.276 e. The topological polar surface area (TPSA) is 73.2 Å². The molecule has 1 N–H and O–H groups in total. The van der Waals surface area contributed by atoms with E-state index in [-0.39, 0.29) is 17.2 Å². The van der Waals surface area contributed by atoms with Crippen LogP contribution in [0, 0.1) is 0 Å². The molecular weight excluding hydrogens is 454 g/mol. The van der Waals surface area contributed by atoms with Gasteiger partial charge in [-0.1, -0.05) is 49.4 Å². The first-order valence-electron chi connectivity index (χ1n) is 10.8. The Morgan fingerprint density at radius 2 is 1.94 bits per heavy atom. The number of benzene rings is 2. The number of aryl methyl sites for hydroxylation is 1.